The van der Waals surface area contributed by atoms with Gasteiger partial charge in [0.05, 0.1) is 11.5 Å². The molecule has 1 aromatic rings. The molecule has 104 valence electrons. The number of likely N-dealkylation sites (N-methyl/N-ethyl adjacent to an activating group) is 1. The number of rotatable bonds is 5. The van der Waals surface area contributed by atoms with Gasteiger partial charge in [0.25, 0.3) is 0 Å². The average Bonchev–Trinajstić information content (AvgIpc) is 2.86. The van der Waals surface area contributed by atoms with Crippen molar-refractivity contribution in [3.8, 4) is 0 Å². The van der Waals surface area contributed by atoms with E-state index in [0.29, 0.717) is 6.04 Å². The zero-order chi connectivity index (χ0) is 13.9. The minimum atomic E-state index is -0.460. The molecule has 0 aromatic heterocycles. The van der Waals surface area contributed by atoms with Gasteiger partial charge in [-0.05, 0) is 32.9 Å². The number of carbonyl (C=O) groups excluding carboxylic acids is 1. The second-order valence-electron chi connectivity index (χ2n) is 5.75. The van der Waals surface area contributed by atoms with Crippen molar-refractivity contribution in [2.45, 2.75) is 37.8 Å². The van der Waals surface area contributed by atoms with Crippen molar-refractivity contribution in [1.29, 1.82) is 0 Å². The highest BCUT2D eigenvalue weighted by Gasteiger charge is 2.34. The summed E-state index contributed by atoms with van der Waals surface area (Å²) < 4.78 is 5.61. The van der Waals surface area contributed by atoms with Crippen LogP contribution in [0, 0.1) is 0 Å². The standard InChI is InChI=1S/C16H23NO2/c1-13-15(9-10-19-13)17(3)11-16(2,12-18)14-7-5-4-6-8-14/h4-8,12-13,15H,9-11H2,1-3H3. The van der Waals surface area contributed by atoms with E-state index >= 15 is 0 Å². The summed E-state index contributed by atoms with van der Waals surface area (Å²) in [5, 5.41) is 0. The number of nitrogens with zero attached hydrogens (tertiary/aromatic N) is 1. The van der Waals surface area contributed by atoms with Gasteiger partial charge in [-0.15, -0.1) is 0 Å². The van der Waals surface area contributed by atoms with Crippen LogP contribution in [0.15, 0.2) is 30.3 Å². The molecule has 0 N–H and O–H groups in total. The lowest BCUT2D eigenvalue weighted by Crippen LogP contribution is -2.45. The Labute approximate surface area is 115 Å². The van der Waals surface area contributed by atoms with Crippen molar-refractivity contribution in [3.63, 3.8) is 0 Å². The van der Waals surface area contributed by atoms with Crippen LogP contribution in [-0.2, 0) is 14.9 Å². The molecule has 1 aromatic carbocycles. The number of carbonyl (C=O) groups is 1. The van der Waals surface area contributed by atoms with Crippen LogP contribution in [0.25, 0.3) is 0 Å². The van der Waals surface area contributed by atoms with E-state index in [9.17, 15) is 4.79 Å². The first kappa shape index (κ1) is 14.2. The van der Waals surface area contributed by atoms with Gasteiger partial charge in [0.2, 0.25) is 0 Å². The van der Waals surface area contributed by atoms with Gasteiger partial charge in [-0.2, -0.15) is 0 Å². The first-order valence-corrected chi connectivity index (χ1v) is 6.90. The van der Waals surface area contributed by atoms with Crippen LogP contribution in [0.1, 0.15) is 25.8 Å². The second kappa shape index (κ2) is 5.85. The molecule has 3 heteroatoms. The maximum Gasteiger partial charge on any atom is 0.131 e. The molecule has 1 fully saturated rings. The molecule has 1 heterocycles. The van der Waals surface area contributed by atoms with Crippen molar-refractivity contribution in [1.82, 2.24) is 4.90 Å². The maximum absolute atomic E-state index is 11.6. The molecule has 3 unspecified atom stereocenters. The Morgan fingerprint density at radius 1 is 1.42 bits per heavy atom. The Hall–Kier alpha value is -1.19. The SMILES string of the molecule is CC1OCCC1N(C)CC(C)(C=O)c1ccccc1. The smallest absolute Gasteiger partial charge is 0.131 e. The van der Waals surface area contributed by atoms with Crippen molar-refractivity contribution in [2.24, 2.45) is 0 Å². The van der Waals surface area contributed by atoms with E-state index in [-0.39, 0.29) is 6.10 Å². The van der Waals surface area contributed by atoms with E-state index in [2.05, 4.69) is 18.9 Å². The quantitative estimate of drug-likeness (QED) is 0.761. The first-order chi connectivity index (χ1) is 9.07. The molecule has 1 aliphatic heterocycles. The highest BCUT2D eigenvalue weighted by Crippen LogP contribution is 2.26. The van der Waals surface area contributed by atoms with E-state index in [0.717, 1.165) is 31.4 Å². The fourth-order valence-electron chi connectivity index (χ4n) is 2.95. The Morgan fingerprint density at radius 2 is 2.11 bits per heavy atom. The summed E-state index contributed by atoms with van der Waals surface area (Å²) >= 11 is 0. The minimum Gasteiger partial charge on any atom is -0.377 e. The molecule has 0 aliphatic carbocycles. The largest absolute Gasteiger partial charge is 0.377 e. The van der Waals surface area contributed by atoms with Crippen LogP contribution >= 0.6 is 0 Å². The van der Waals surface area contributed by atoms with E-state index in [1.54, 1.807) is 0 Å². The van der Waals surface area contributed by atoms with Crippen molar-refractivity contribution >= 4 is 6.29 Å². The molecule has 1 aliphatic rings. The number of benzene rings is 1. The van der Waals surface area contributed by atoms with Crippen molar-refractivity contribution in [2.75, 3.05) is 20.2 Å². The first-order valence-electron chi connectivity index (χ1n) is 6.90. The highest BCUT2D eigenvalue weighted by molar-refractivity contribution is 5.68. The van der Waals surface area contributed by atoms with Gasteiger partial charge in [-0.25, -0.2) is 0 Å². The second-order valence-corrected chi connectivity index (χ2v) is 5.75. The summed E-state index contributed by atoms with van der Waals surface area (Å²) in [4.78, 5) is 13.9. The summed E-state index contributed by atoms with van der Waals surface area (Å²) in [6.45, 7) is 5.65. The van der Waals surface area contributed by atoms with Crippen LogP contribution in [-0.4, -0.2) is 43.5 Å². The van der Waals surface area contributed by atoms with Gasteiger partial charge in [0, 0.05) is 19.2 Å². The van der Waals surface area contributed by atoms with Crippen LogP contribution in [0.4, 0.5) is 0 Å². The maximum atomic E-state index is 11.6. The predicted octanol–water partition coefficient (Wildman–Crippen LogP) is 2.25. The summed E-state index contributed by atoms with van der Waals surface area (Å²) in [5.41, 5.74) is 0.613. The third kappa shape index (κ3) is 3.04. The minimum absolute atomic E-state index is 0.247. The van der Waals surface area contributed by atoms with Crippen LogP contribution in [0.2, 0.25) is 0 Å². The van der Waals surface area contributed by atoms with Crippen LogP contribution in [0.3, 0.4) is 0 Å². The van der Waals surface area contributed by atoms with Gasteiger partial charge < -0.3 is 9.53 Å². The zero-order valence-corrected chi connectivity index (χ0v) is 12.0. The fraction of sp³-hybridized carbons (Fsp3) is 0.562. The number of aldehydes is 1. The normalized spacial score (nSPS) is 26.3. The molecular weight excluding hydrogens is 238 g/mol. The van der Waals surface area contributed by atoms with Gasteiger partial charge in [0.15, 0.2) is 0 Å². The summed E-state index contributed by atoms with van der Waals surface area (Å²) in [6.07, 6.45) is 2.36. The van der Waals surface area contributed by atoms with Gasteiger partial charge in [0.1, 0.15) is 6.29 Å². The third-order valence-corrected chi connectivity index (χ3v) is 4.17. The van der Waals surface area contributed by atoms with Crippen LogP contribution < -0.4 is 0 Å². The molecule has 1 saturated heterocycles. The third-order valence-electron chi connectivity index (χ3n) is 4.17. The van der Waals surface area contributed by atoms with Crippen LogP contribution in [0.5, 0.6) is 0 Å². The van der Waals surface area contributed by atoms with E-state index in [1.165, 1.54) is 0 Å². The lowest BCUT2D eigenvalue weighted by molar-refractivity contribution is -0.113. The Bertz CT molecular complexity index is 420. The molecule has 3 nitrogen and oxygen atoms in total. The summed E-state index contributed by atoms with van der Waals surface area (Å²) in [5.74, 6) is 0. The molecule has 3 atom stereocenters. The zero-order valence-electron chi connectivity index (χ0n) is 12.0. The molecule has 0 saturated carbocycles. The van der Waals surface area contributed by atoms with E-state index < -0.39 is 5.41 Å². The molecule has 0 radical (unpaired) electrons. The Balaban J connectivity index is 2.12. The predicted molar refractivity (Wildman–Crippen MR) is 76.3 cm³/mol. The monoisotopic (exact) mass is 261 g/mol. The topological polar surface area (TPSA) is 29.5 Å². The molecule has 19 heavy (non-hydrogen) atoms. The van der Waals surface area contributed by atoms with Gasteiger partial charge in [-0.3, -0.25) is 4.90 Å². The van der Waals surface area contributed by atoms with Crippen molar-refractivity contribution < 1.29 is 9.53 Å². The number of hydrogen-bond acceptors (Lipinski definition) is 3. The van der Waals surface area contributed by atoms with Crippen molar-refractivity contribution in [3.05, 3.63) is 35.9 Å². The average molecular weight is 261 g/mol. The molecule has 0 bridgehead atoms. The number of ether oxygens (including phenoxy) is 1. The number of hydrogen-bond donors (Lipinski definition) is 0. The van der Waals surface area contributed by atoms with E-state index in [4.69, 9.17) is 4.74 Å². The Kier molecular flexibility index (Phi) is 4.38. The summed E-state index contributed by atoms with van der Waals surface area (Å²) in [7, 11) is 2.08. The van der Waals surface area contributed by atoms with Gasteiger partial charge in [-0.1, -0.05) is 30.3 Å². The molecule has 0 amide bonds. The highest BCUT2D eigenvalue weighted by atomic mass is 16.5. The lowest BCUT2D eigenvalue weighted by atomic mass is 9.83. The molecule has 2 rings (SSSR count). The molecular formula is C16H23NO2. The molecule has 0 spiro atoms. The lowest BCUT2D eigenvalue weighted by Gasteiger charge is -2.34. The Morgan fingerprint density at radius 3 is 2.63 bits per heavy atom. The van der Waals surface area contributed by atoms with E-state index in [1.807, 2.05) is 37.3 Å². The fourth-order valence-corrected chi connectivity index (χ4v) is 2.95. The summed E-state index contributed by atoms with van der Waals surface area (Å²) in [6, 6.07) is 10.4. The van der Waals surface area contributed by atoms with Gasteiger partial charge >= 0.3 is 0 Å².